The minimum Gasteiger partial charge on any atom is -0.497 e. The van der Waals surface area contributed by atoms with Gasteiger partial charge < -0.3 is 20.3 Å². The van der Waals surface area contributed by atoms with E-state index in [4.69, 9.17) is 4.74 Å². The molecule has 0 bridgehead atoms. The van der Waals surface area contributed by atoms with E-state index in [1.165, 1.54) is 4.90 Å². The molecular weight excluding hydrogens is 380 g/mol. The van der Waals surface area contributed by atoms with E-state index in [1.54, 1.807) is 7.11 Å². The number of benzene rings is 2. The number of hydrogen-bond acceptors (Lipinski definition) is 4. The topological polar surface area (TPSA) is 82.0 Å². The molecule has 2 aromatic rings. The van der Waals surface area contributed by atoms with Crippen LogP contribution in [0.5, 0.6) is 5.75 Å². The summed E-state index contributed by atoms with van der Waals surface area (Å²) < 4.78 is 5.25. The zero-order valence-electron chi connectivity index (χ0n) is 18.3. The van der Waals surface area contributed by atoms with Crippen LogP contribution in [0.1, 0.15) is 31.9 Å². The summed E-state index contributed by atoms with van der Waals surface area (Å²) in [6.45, 7) is 6.53. The summed E-state index contributed by atoms with van der Waals surface area (Å²) in [5, 5.41) is 24.1. The van der Waals surface area contributed by atoms with Crippen molar-refractivity contribution in [1.29, 1.82) is 0 Å². The molecule has 1 amide bonds. The van der Waals surface area contributed by atoms with E-state index in [-0.39, 0.29) is 0 Å². The van der Waals surface area contributed by atoms with E-state index < -0.39 is 23.8 Å². The van der Waals surface area contributed by atoms with Gasteiger partial charge >= 0.3 is 6.09 Å². The molecule has 0 heterocycles. The maximum atomic E-state index is 12.0. The highest BCUT2D eigenvalue weighted by atomic mass is 16.5. The van der Waals surface area contributed by atoms with E-state index in [2.05, 4.69) is 5.32 Å². The van der Waals surface area contributed by atoms with Crippen molar-refractivity contribution in [2.45, 2.75) is 51.3 Å². The third kappa shape index (κ3) is 7.04. The van der Waals surface area contributed by atoms with Crippen molar-refractivity contribution in [3.05, 3.63) is 65.7 Å². The zero-order chi connectivity index (χ0) is 22.1. The van der Waals surface area contributed by atoms with Gasteiger partial charge in [-0.05, 0) is 63.4 Å². The van der Waals surface area contributed by atoms with Gasteiger partial charge in [-0.3, -0.25) is 4.90 Å². The standard InChI is InChI=1S/C24H34N2O4/c1-24(2,3)26(23(28)29)21(16-18-9-6-5-7-10-18)22(27)17-25-14-13-19-11-8-12-20(15-19)30-4/h5-12,15,21-22,25,27H,13-14,16-17H2,1-4H3,(H,28,29)/t21-,22+/m0/s1. The number of aliphatic hydroxyl groups excluding tert-OH is 1. The van der Waals surface area contributed by atoms with Crippen molar-refractivity contribution < 1.29 is 19.7 Å². The van der Waals surface area contributed by atoms with Crippen molar-refractivity contribution >= 4 is 6.09 Å². The molecule has 0 spiro atoms. The van der Waals surface area contributed by atoms with Crippen LogP contribution in [0.3, 0.4) is 0 Å². The minimum absolute atomic E-state index is 0.307. The fourth-order valence-corrected chi connectivity index (χ4v) is 3.63. The molecule has 0 unspecified atom stereocenters. The first-order valence-corrected chi connectivity index (χ1v) is 10.3. The fraction of sp³-hybridized carbons (Fsp3) is 0.458. The van der Waals surface area contributed by atoms with Crippen LogP contribution in [-0.4, -0.2) is 59.1 Å². The molecule has 3 N–H and O–H groups in total. The van der Waals surface area contributed by atoms with Crippen LogP contribution in [-0.2, 0) is 12.8 Å². The molecule has 0 aliphatic heterocycles. The minimum atomic E-state index is -1.03. The van der Waals surface area contributed by atoms with Crippen LogP contribution < -0.4 is 10.1 Å². The molecule has 0 aliphatic rings. The molecule has 0 fully saturated rings. The highest BCUT2D eigenvalue weighted by Gasteiger charge is 2.37. The molecule has 164 valence electrons. The van der Waals surface area contributed by atoms with E-state index in [0.29, 0.717) is 19.5 Å². The smallest absolute Gasteiger partial charge is 0.408 e. The Hall–Kier alpha value is -2.57. The SMILES string of the molecule is COc1cccc(CCNC[C@@H](O)[C@H](Cc2ccccc2)N(C(=O)O)C(C)(C)C)c1. The van der Waals surface area contributed by atoms with Crippen molar-refractivity contribution in [2.75, 3.05) is 20.2 Å². The Morgan fingerprint density at radius 2 is 1.77 bits per heavy atom. The maximum absolute atomic E-state index is 12.0. The Kier molecular flexibility index (Phi) is 8.69. The Balaban J connectivity index is 2.04. The number of amides is 1. The van der Waals surface area contributed by atoms with Crippen molar-refractivity contribution in [3.8, 4) is 5.75 Å². The molecule has 6 heteroatoms. The zero-order valence-corrected chi connectivity index (χ0v) is 18.3. The van der Waals surface area contributed by atoms with Crippen molar-refractivity contribution in [1.82, 2.24) is 10.2 Å². The van der Waals surface area contributed by atoms with Crippen LogP contribution in [0, 0.1) is 0 Å². The molecule has 2 rings (SSSR count). The average Bonchev–Trinajstić information content (AvgIpc) is 2.70. The molecule has 0 radical (unpaired) electrons. The lowest BCUT2D eigenvalue weighted by molar-refractivity contribution is 0.00792. The van der Waals surface area contributed by atoms with Gasteiger partial charge in [-0.15, -0.1) is 0 Å². The lowest BCUT2D eigenvalue weighted by atomic mass is 9.94. The van der Waals surface area contributed by atoms with Crippen LogP contribution in [0.15, 0.2) is 54.6 Å². The first-order valence-electron chi connectivity index (χ1n) is 10.3. The Morgan fingerprint density at radius 3 is 2.37 bits per heavy atom. The van der Waals surface area contributed by atoms with Gasteiger partial charge in [0, 0.05) is 12.1 Å². The van der Waals surface area contributed by atoms with Gasteiger partial charge in [0.1, 0.15) is 5.75 Å². The molecule has 0 saturated heterocycles. The maximum Gasteiger partial charge on any atom is 0.408 e. The number of nitrogens with zero attached hydrogens (tertiary/aromatic N) is 1. The van der Waals surface area contributed by atoms with Gasteiger partial charge in [-0.25, -0.2) is 4.79 Å². The summed E-state index contributed by atoms with van der Waals surface area (Å²) in [6, 6.07) is 17.0. The van der Waals surface area contributed by atoms with Gasteiger partial charge in [0.25, 0.3) is 0 Å². The van der Waals surface area contributed by atoms with Gasteiger partial charge in [0.2, 0.25) is 0 Å². The highest BCUT2D eigenvalue weighted by molar-refractivity contribution is 5.66. The van der Waals surface area contributed by atoms with Crippen LogP contribution in [0.2, 0.25) is 0 Å². The largest absolute Gasteiger partial charge is 0.497 e. The summed E-state index contributed by atoms with van der Waals surface area (Å²) in [7, 11) is 1.64. The number of rotatable bonds is 10. The van der Waals surface area contributed by atoms with Gasteiger partial charge in [-0.1, -0.05) is 42.5 Å². The number of methoxy groups -OCH3 is 1. The van der Waals surface area contributed by atoms with Gasteiger partial charge in [0.15, 0.2) is 0 Å². The van der Waals surface area contributed by atoms with Crippen LogP contribution >= 0.6 is 0 Å². The Morgan fingerprint density at radius 1 is 1.10 bits per heavy atom. The summed E-state index contributed by atoms with van der Waals surface area (Å²) in [5.41, 5.74) is 1.50. The number of carboxylic acid groups (broad SMARTS) is 1. The molecule has 30 heavy (non-hydrogen) atoms. The summed E-state index contributed by atoms with van der Waals surface area (Å²) in [4.78, 5) is 13.4. The number of nitrogens with one attached hydrogen (secondary N) is 1. The monoisotopic (exact) mass is 414 g/mol. The second kappa shape index (κ2) is 11.0. The third-order valence-electron chi connectivity index (χ3n) is 5.07. The summed E-state index contributed by atoms with van der Waals surface area (Å²) >= 11 is 0. The number of hydrogen-bond donors (Lipinski definition) is 3. The van der Waals surface area contributed by atoms with Crippen molar-refractivity contribution in [3.63, 3.8) is 0 Å². The normalized spacial score (nSPS) is 13.5. The van der Waals surface area contributed by atoms with Crippen LogP contribution in [0.25, 0.3) is 0 Å². The lowest BCUT2D eigenvalue weighted by Gasteiger charge is -2.42. The Bertz CT molecular complexity index is 789. The van der Waals surface area contributed by atoms with E-state index in [0.717, 1.165) is 23.3 Å². The Labute approximate surface area is 179 Å². The van der Waals surface area contributed by atoms with E-state index >= 15 is 0 Å². The van der Waals surface area contributed by atoms with Gasteiger partial charge in [-0.2, -0.15) is 0 Å². The predicted octanol–water partition coefficient (Wildman–Crippen LogP) is 3.58. The summed E-state index contributed by atoms with van der Waals surface area (Å²) in [5.74, 6) is 0.817. The molecular formula is C24H34N2O4. The van der Waals surface area contributed by atoms with E-state index in [1.807, 2.05) is 75.4 Å². The highest BCUT2D eigenvalue weighted by Crippen LogP contribution is 2.22. The second-order valence-electron chi connectivity index (χ2n) is 8.45. The number of ether oxygens (including phenoxy) is 1. The quantitative estimate of drug-likeness (QED) is 0.518. The van der Waals surface area contributed by atoms with Gasteiger partial charge in [0.05, 0.1) is 19.3 Å². The summed E-state index contributed by atoms with van der Waals surface area (Å²) in [6.07, 6.45) is -0.636. The predicted molar refractivity (Wildman–Crippen MR) is 119 cm³/mol. The molecule has 2 atom stereocenters. The second-order valence-corrected chi connectivity index (χ2v) is 8.45. The third-order valence-corrected chi connectivity index (χ3v) is 5.07. The first-order chi connectivity index (χ1) is 14.2. The molecule has 0 saturated carbocycles. The van der Waals surface area contributed by atoms with E-state index in [9.17, 15) is 15.0 Å². The molecule has 0 aromatic heterocycles. The van der Waals surface area contributed by atoms with Crippen LogP contribution in [0.4, 0.5) is 4.79 Å². The molecule has 6 nitrogen and oxygen atoms in total. The fourth-order valence-electron chi connectivity index (χ4n) is 3.63. The first kappa shape index (κ1) is 23.7. The molecule has 0 aliphatic carbocycles. The lowest BCUT2D eigenvalue weighted by Crippen LogP contribution is -2.58. The average molecular weight is 415 g/mol. The number of aliphatic hydroxyl groups is 1. The van der Waals surface area contributed by atoms with Crippen molar-refractivity contribution in [2.24, 2.45) is 0 Å². The molecule has 2 aromatic carbocycles. The number of carbonyl (C=O) groups is 1.